The minimum atomic E-state index is -0.638. The van der Waals surface area contributed by atoms with Crippen molar-refractivity contribution in [2.75, 3.05) is 14.2 Å². The summed E-state index contributed by atoms with van der Waals surface area (Å²) in [7, 11) is 2.59. The molecule has 120 valence electrons. The molecular formula is C14H12FN3O4S. The van der Waals surface area contributed by atoms with Gasteiger partial charge >= 0.3 is 5.97 Å². The van der Waals surface area contributed by atoms with E-state index in [9.17, 15) is 14.0 Å². The van der Waals surface area contributed by atoms with Crippen LogP contribution in [0.1, 0.15) is 5.56 Å². The molecule has 0 aliphatic carbocycles. The van der Waals surface area contributed by atoms with Crippen LogP contribution in [0.3, 0.4) is 0 Å². The molecule has 0 unspecified atom stereocenters. The molecule has 9 heteroatoms. The number of halogens is 1. The Balaban J connectivity index is 2.06. The van der Waals surface area contributed by atoms with Crippen molar-refractivity contribution >= 4 is 35.0 Å². The van der Waals surface area contributed by atoms with Gasteiger partial charge in [0, 0.05) is 6.08 Å². The van der Waals surface area contributed by atoms with Gasteiger partial charge < -0.3 is 9.47 Å². The second-order valence-corrected chi connectivity index (χ2v) is 5.16. The van der Waals surface area contributed by atoms with Crippen LogP contribution in [0.2, 0.25) is 0 Å². The first kappa shape index (κ1) is 16.7. The maximum atomic E-state index is 13.5. The highest BCUT2D eigenvalue weighted by atomic mass is 32.2. The Labute approximate surface area is 135 Å². The largest absolute Gasteiger partial charge is 0.494 e. The number of methoxy groups -OCH3 is 2. The van der Waals surface area contributed by atoms with Gasteiger partial charge in [-0.15, -0.1) is 5.10 Å². The van der Waals surface area contributed by atoms with Crippen LogP contribution in [0.5, 0.6) is 5.75 Å². The van der Waals surface area contributed by atoms with Gasteiger partial charge in [-0.05, 0) is 35.5 Å². The van der Waals surface area contributed by atoms with Crippen LogP contribution < -0.4 is 10.1 Å². The van der Waals surface area contributed by atoms with Crippen molar-refractivity contribution < 1.29 is 23.5 Å². The number of esters is 1. The van der Waals surface area contributed by atoms with Crippen LogP contribution in [-0.4, -0.2) is 37.5 Å². The number of benzene rings is 1. The standard InChI is InChI=1S/C14H12FN3O4S/c1-21-10-4-3-8(5-9(10)15)7-16-18-14-17-13(20)11(23-14)6-12(19)22-2/h3-7H,1-2H3,(H,17,18,20)/b11-6+,16-7?. The average molecular weight is 337 g/mol. The first-order chi connectivity index (χ1) is 11.0. The number of amidine groups is 1. The number of nitrogens with one attached hydrogen (secondary N) is 1. The SMILES string of the molecule is COC(=O)/C=C1/S/C(=N\N=Cc2ccc(OC)c(F)c2)NC1=O. The molecule has 0 aromatic heterocycles. The summed E-state index contributed by atoms with van der Waals surface area (Å²) in [5.74, 6) is -1.49. The van der Waals surface area contributed by atoms with Crippen molar-refractivity contribution in [2.45, 2.75) is 0 Å². The van der Waals surface area contributed by atoms with Gasteiger partial charge in [-0.2, -0.15) is 5.10 Å². The number of ether oxygens (including phenoxy) is 2. The van der Waals surface area contributed by atoms with Crippen LogP contribution >= 0.6 is 11.8 Å². The fourth-order valence-electron chi connectivity index (χ4n) is 1.55. The lowest BCUT2D eigenvalue weighted by Crippen LogP contribution is -2.19. The molecule has 1 N–H and O–H groups in total. The van der Waals surface area contributed by atoms with Crippen LogP contribution in [0.15, 0.2) is 39.4 Å². The number of carbonyl (C=O) groups excluding carboxylic acids is 2. The monoisotopic (exact) mass is 337 g/mol. The Morgan fingerprint density at radius 3 is 2.83 bits per heavy atom. The summed E-state index contributed by atoms with van der Waals surface area (Å²) >= 11 is 0.949. The minimum Gasteiger partial charge on any atom is -0.494 e. The molecule has 0 saturated carbocycles. The topological polar surface area (TPSA) is 89.3 Å². The number of hydrogen-bond acceptors (Lipinski definition) is 7. The number of amides is 1. The molecule has 1 heterocycles. The first-order valence-electron chi connectivity index (χ1n) is 6.27. The van der Waals surface area contributed by atoms with Gasteiger partial charge in [0.15, 0.2) is 16.7 Å². The van der Waals surface area contributed by atoms with Gasteiger partial charge in [0.1, 0.15) is 0 Å². The summed E-state index contributed by atoms with van der Waals surface area (Å²) in [6.45, 7) is 0. The van der Waals surface area contributed by atoms with E-state index < -0.39 is 17.7 Å². The van der Waals surface area contributed by atoms with Crippen molar-refractivity contribution in [1.82, 2.24) is 5.32 Å². The van der Waals surface area contributed by atoms with Gasteiger partial charge in [0.25, 0.3) is 5.91 Å². The van der Waals surface area contributed by atoms with Crippen LogP contribution in [0.4, 0.5) is 4.39 Å². The van der Waals surface area contributed by atoms with Crippen molar-refractivity contribution in [1.29, 1.82) is 0 Å². The lowest BCUT2D eigenvalue weighted by atomic mass is 10.2. The van der Waals surface area contributed by atoms with Crippen molar-refractivity contribution in [2.24, 2.45) is 10.2 Å². The minimum absolute atomic E-state index is 0.129. The van der Waals surface area contributed by atoms with E-state index in [1.807, 2.05) is 0 Å². The van der Waals surface area contributed by atoms with E-state index in [0.717, 1.165) is 17.8 Å². The molecule has 1 aliphatic rings. The predicted molar refractivity (Wildman–Crippen MR) is 83.8 cm³/mol. The summed E-state index contributed by atoms with van der Waals surface area (Å²) in [5.41, 5.74) is 0.479. The number of hydrogen-bond donors (Lipinski definition) is 1. The normalized spacial score (nSPS) is 17.8. The molecule has 1 saturated heterocycles. The molecule has 0 bridgehead atoms. The maximum absolute atomic E-state index is 13.5. The predicted octanol–water partition coefficient (Wildman–Crippen LogP) is 1.44. The van der Waals surface area contributed by atoms with Gasteiger partial charge in [-0.25, -0.2) is 9.18 Å². The van der Waals surface area contributed by atoms with Crippen LogP contribution in [-0.2, 0) is 14.3 Å². The Kier molecular flexibility index (Phi) is 5.47. The van der Waals surface area contributed by atoms with E-state index in [-0.39, 0.29) is 15.8 Å². The third kappa shape index (κ3) is 4.39. The van der Waals surface area contributed by atoms with E-state index >= 15 is 0 Å². The molecule has 1 fully saturated rings. The van der Waals surface area contributed by atoms with Gasteiger partial charge in [0.2, 0.25) is 0 Å². The molecule has 2 rings (SSSR count). The fraction of sp³-hybridized carbons (Fsp3) is 0.143. The Morgan fingerprint density at radius 1 is 1.39 bits per heavy atom. The smallest absolute Gasteiger partial charge is 0.331 e. The Bertz CT molecular complexity index is 731. The molecule has 1 amide bonds. The highest BCUT2D eigenvalue weighted by Crippen LogP contribution is 2.23. The zero-order chi connectivity index (χ0) is 16.8. The van der Waals surface area contributed by atoms with Gasteiger partial charge in [-0.1, -0.05) is 0 Å². The highest BCUT2D eigenvalue weighted by molar-refractivity contribution is 8.18. The first-order valence-corrected chi connectivity index (χ1v) is 7.08. The molecule has 0 radical (unpaired) electrons. The number of nitrogens with zero attached hydrogens (tertiary/aromatic N) is 2. The van der Waals surface area contributed by atoms with Crippen molar-refractivity contribution in [3.05, 3.63) is 40.6 Å². The van der Waals surface area contributed by atoms with Crippen molar-refractivity contribution in [3.8, 4) is 5.75 Å². The van der Waals surface area contributed by atoms with Gasteiger partial charge in [0.05, 0.1) is 25.3 Å². The Hall–Kier alpha value is -2.68. The summed E-state index contributed by atoms with van der Waals surface area (Å²) in [5, 5.41) is 10.2. The number of rotatable bonds is 4. The second kappa shape index (κ2) is 7.54. The molecule has 1 aliphatic heterocycles. The van der Waals surface area contributed by atoms with Gasteiger partial charge in [-0.3, -0.25) is 10.1 Å². The molecular weight excluding hydrogens is 325 g/mol. The summed E-state index contributed by atoms with van der Waals surface area (Å²) in [6.07, 6.45) is 2.38. The molecule has 0 atom stereocenters. The molecule has 1 aromatic carbocycles. The second-order valence-electron chi connectivity index (χ2n) is 4.13. The van der Waals surface area contributed by atoms with E-state index in [4.69, 9.17) is 4.74 Å². The molecule has 0 spiro atoms. The fourth-order valence-corrected chi connectivity index (χ4v) is 2.29. The third-order valence-corrected chi connectivity index (χ3v) is 3.53. The average Bonchev–Trinajstić information content (AvgIpc) is 2.87. The van der Waals surface area contributed by atoms with E-state index in [1.54, 1.807) is 6.07 Å². The molecule has 1 aromatic rings. The summed E-state index contributed by atoms with van der Waals surface area (Å²) in [4.78, 5) is 22.8. The maximum Gasteiger partial charge on any atom is 0.331 e. The van der Waals surface area contributed by atoms with E-state index in [1.165, 1.54) is 32.6 Å². The lowest BCUT2D eigenvalue weighted by Gasteiger charge is -2.00. The van der Waals surface area contributed by atoms with Crippen molar-refractivity contribution in [3.63, 3.8) is 0 Å². The quantitative estimate of drug-likeness (QED) is 0.389. The third-order valence-electron chi connectivity index (χ3n) is 2.63. The number of carbonyl (C=O) groups is 2. The van der Waals surface area contributed by atoms with Crippen LogP contribution in [0, 0.1) is 5.82 Å². The zero-order valence-corrected chi connectivity index (χ0v) is 13.0. The molecule has 7 nitrogen and oxygen atoms in total. The van der Waals surface area contributed by atoms with E-state index in [0.29, 0.717) is 5.56 Å². The summed E-state index contributed by atoms with van der Waals surface area (Å²) < 4.78 is 22.8. The zero-order valence-electron chi connectivity index (χ0n) is 12.2. The lowest BCUT2D eigenvalue weighted by molar-refractivity contribution is -0.135. The summed E-state index contributed by atoms with van der Waals surface area (Å²) in [6, 6.07) is 4.31. The Morgan fingerprint density at radius 2 is 2.17 bits per heavy atom. The van der Waals surface area contributed by atoms with Crippen LogP contribution in [0.25, 0.3) is 0 Å². The molecule has 23 heavy (non-hydrogen) atoms. The highest BCUT2D eigenvalue weighted by Gasteiger charge is 2.24. The van der Waals surface area contributed by atoms with E-state index in [2.05, 4.69) is 20.3 Å². The number of thioether (sulfide) groups is 1.